The largest absolute Gasteiger partial charge is 0.444 e. The van der Waals surface area contributed by atoms with Crippen LogP contribution in [0.15, 0.2) is 53.0 Å². The van der Waals surface area contributed by atoms with E-state index < -0.39 is 23.4 Å². The van der Waals surface area contributed by atoms with Crippen molar-refractivity contribution in [3.05, 3.63) is 59.2 Å². The number of anilines is 2. The normalized spacial score (nSPS) is 12.9. The average Bonchev–Trinajstić information content (AvgIpc) is 3.09. The fraction of sp³-hybridized carbons (Fsp3) is 0.441. The van der Waals surface area contributed by atoms with Gasteiger partial charge in [0, 0.05) is 47.6 Å². The summed E-state index contributed by atoms with van der Waals surface area (Å²) >= 11 is 0. The van der Waals surface area contributed by atoms with Crippen LogP contribution in [0.2, 0.25) is 0 Å². The van der Waals surface area contributed by atoms with Crippen molar-refractivity contribution >= 4 is 53.0 Å². The van der Waals surface area contributed by atoms with E-state index in [-0.39, 0.29) is 24.1 Å². The topological polar surface area (TPSA) is 138 Å². The van der Waals surface area contributed by atoms with E-state index in [1.165, 1.54) is 0 Å². The Kier molecular flexibility index (Phi) is 11.5. The van der Waals surface area contributed by atoms with Crippen LogP contribution >= 0.6 is 0 Å². The third-order valence-electron chi connectivity index (χ3n) is 6.22. The van der Waals surface area contributed by atoms with Crippen LogP contribution in [-0.2, 0) is 14.3 Å². The molecular weight excluding hydrogens is 574 g/mol. The molecule has 0 bridgehead atoms. The molecule has 0 saturated heterocycles. The van der Waals surface area contributed by atoms with Gasteiger partial charge in [-0.05, 0) is 96.9 Å². The molecule has 0 radical (unpaired) electrons. The molecule has 2 aromatic carbocycles. The molecule has 0 spiro atoms. The zero-order chi connectivity index (χ0) is 33.4. The number of aliphatic imine (C=N–C) groups is 1. The van der Waals surface area contributed by atoms with Gasteiger partial charge in [0.15, 0.2) is 0 Å². The van der Waals surface area contributed by atoms with Gasteiger partial charge in [-0.1, -0.05) is 19.9 Å². The molecule has 45 heavy (non-hydrogen) atoms. The van der Waals surface area contributed by atoms with Gasteiger partial charge < -0.3 is 19.7 Å². The number of amidine groups is 1. The van der Waals surface area contributed by atoms with E-state index in [4.69, 9.17) is 9.47 Å². The summed E-state index contributed by atoms with van der Waals surface area (Å²) in [5.74, 6) is -0.276. The quantitative estimate of drug-likeness (QED) is 0.284. The second kappa shape index (κ2) is 14.9. The zero-order valence-electron chi connectivity index (χ0n) is 27.5. The van der Waals surface area contributed by atoms with Crippen LogP contribution in [0.1, 0.15) is 90.6 Å². The molecule has 0 atom stereocenters. The summed E-state index contributed by atoms with van der Waals surface area (Å²) in [6, 6.07) is 11.6. The molecule has 0 aromatic heterocycles. The van der Waals surface area contributed by atoms with E-state index in [0.29, 0.717) is 46.9 Å². The Morgan fingerprint density at radius 1 is 0.778 bits per heavy atom. The molecule has 1 aliphatic heterocycles. The van der Waals surface area contributed by atoms with Crippen LogP contribution in [0.5, 0.6) is 0 Å². The molecule has 0 saturated carbocycles. The maximum atomic E-state index is 13.6. The fourth-order valence-electron chi connectivity index (χ4n) is 4.46. The molecule has 3 rings (SSSR count). The number of nitrogens with one attached hydrogen (secondary N) is 3. The van der Waals surface area contributed by atoms with Crippen molar-refractivity contribution in [1.29, 1.82) is 0 Å². The Morgan fingerprint density at radius 2 is 1.31 bits per heavy atom. The van der Waals surface area contributed by atoms with Gasteiger partial charge in [-0.25, -0.2) is 14.6 Å². The number of hydrogen-bond acceptors (Lipinski definition) is 7. The van der Waals surface area contributed by atoms with E-state index in [0.717, 1.165) is 12.8 Å². The van der Waals surface area contributed by atoms with Crippen LogP contribution in [0.25, 0.3) is 6.08 Å². The minimum absolute atomic E-state index is 0.0852. The smallest absolute Gasteiger partial charge is 0.413 e. The van der Waals surface area contributed by atoms with Crippen molar-refractivity contribution in [3.8, 4) is 0 Å². The summed E-state index contributed by atoms with van der Waals surface area (Å²) in [6.45, 7) is 15.9. The lowest BCUT2D eigenvalue weighted by molar-refractivity contribution is -0.127. The predicted octanol–water partition coefficient (Wildman–Crippen LogP) is 7.28. The highest BCUT2D eigenvalue weighted by Gasteiger charge is 2.25. The molecule has 3 N–H and O–H groups in total. The summed E-state index contributed by atoms with van der Waals surface area (Å²) in [7, 11) is 0. The van der Waals surface area contributed by atoms with Crippen LogP contribution in [0.3, 0.4) is 0 Å². The minimum atomic E-state index is -0.726. The Bertz CT molecular complexity index is 1460. The highest BCUT2D eigenvalue weighted by atomic mass is 16.6. The third kappa shape index (κ3) is 11.1. The monoisotopic (exact) mass is 619 g/mol. The number of hydrogen-bond donors (Lipinski definition) is 3. The molecule has 11 heteroatoms. The molecule has 0 aliphatic carbocycles. The molecule has 0 unspecified atom stereocenters. The number of ether oxygens (including phenoxy) is 2. The standard InChI is InChI=1S/C34H45N5O6/c1-9-17-39(18-10-2)30(41)24-19-22-11-12-23(20-27(22)37-28(21-24)38-32(43)45-34(6,7)8)29(40)35-25-13-15-26(16-14-25)36-31(42)44-33(3,4)5/h11-16,19-20H,9-10,17-18,21H2,1-8H3,(H,35,40)(H,36,42)(H,37,38,43). The summed E-state index contributed by atoms with van der Waals surface area (Å²) in [6.07, 6.45) is 2.22. The molecule has 1 heterocycles. The van der Waals surface area contributed by atoms with E-state index in [9.17, 15) is 19.2 Å². The molecular formula is C34H45N5O6. The van der Waals surface area contributed by atoms with Crippen molar-refractivity contribution in [2.45, 2.75) is 85.9 Å². The van der Waals surface area contributed by atoms with Crippen molar-refractivity contribution < 1.29 is 28.7 Å². The van der Waals surface area contributed by atoms with Gasteiger partial charge in [0.25, 0.3) is 5.91 Å². The number of rotatable bonds is 8. The van der Waals surface area contributed by atoms with Crippen LogP contribution in [0.4, 0.5) is 26.7 Å². The van der Waals surface area contributed by atoms with Gasteiger partial charge in [0.1, 0.15) is 17.0 Å². The Morgan fingerprint density at radius 3 is 1.84 bits per heavy atom. The highest BCUT2D eigenvalue weighted by molar-refractivity contribution is 6.10. The maximum Gasteiger partial charge on any atom is 0.413 e. The third-order valence-corrected chi connectivity index (χ3v) is 6.22. The second-order valence-electron chi connectivity index (χ2n) is 12.8. The lowest BCUT2D eigenvalue weighted by Gasteiger charge is -2.23. The van der Waals surface area contributed by atoms with Gasteiger partial charge in [0.2, 0.25) is 5.91 Å². The van der Waals surface area contributed by atoms with Gasteiger partial charge in [-0.2, -0.15) is 0 Å². The van der Waals surface area contributed by atoms with Crippen LogP contribution in [0, 0.1) is 0 Å². The Balaban J connectivity index is 1.87. The molecule has 2 aromatic rings. The molecule has 1 aliphatic rings. The van der Waals surface area contributed by atoms with Crippen molar-refractivity contribution in [1.82, 2.24) is 10.2 Å². The molecule has 11 nitrogen and oxygen atoms in total. The summed E-state index contributed by atoms with van der Waals surface area (Å²) < 4.78 is 10.7. The van der Waals surface area contributed by atoms with E-state index >= 15 is 0 Å². The summed E-state index contributed by atoms with van der Waals surface area (Å²) in [5, 5.41) is 8.20. The van der Waals surface area contributed by atoms with E-state index in [1.54, 1.807) is 95.0 Å². The lowest BCUT2D eigenvalue weighted by atomic mass is 10.0. The first-order valence-corrected chi connectivity index (χ1v) is 15.2. The molecule has 4 amide bonds. The number of alkyl carbamates (subject to hydrolysis) is 1. The SMILES string of the molecule is CCCN(CCC)C(=O)C1=Cc2ccc(C(=O)Nc3ccc(NC(=O)OC(C)(C)C)cc3)cc2N=C(NC(=O)OC(C)(C)C)C1. The summed E-state index contributed by atoms with van der Waals surface area (Å²) in [4.78, 5) is 58.0. The fourth-order valence-corrected chi connectivity index (χ4v) is 4.46. The average molecular weight is 620 g/mol. The maximum absolute atomic E-state index is 13.6. The minimum Gasteiger partial charge on any atom is -0.444 e. The Labute approximate surface area is 265 Å². The lowest BCUT2D eigenvalue weighted by Crippen LogP contribution is -2.38. The van der Waals surface area contributed by atoms with Gasteiger partial charge in [0.05, 0.1) is 5.69 Å². The summed E-state index contributed by atoms with van der Waals surface area (Å²) in [5.41, 5.74) is 1.54. The van der Waals surface area contributed by atoms with Gasteiger partial charge in [-0.15, -0.1) is 0 Å². The molecule has 242 valence electrons. The number of carbonyl (C=O) groups excluding carboxylic acids is 4. The second-order valence-corrected chi connectivity index (χ2v) is 12.8. The van der Waals surface area contributed by atoms with E-state index in [1.807, 2.05) is 13.8 Å². The number of fused-ring (bicyclic) bond motifs is 1. The first kappa shape index (κ1) is 34.8. The van der Waals surface area contributed by atoms with Gasteiger partial charge >= 0.3 is 12.2 Å². The van der Waals surface area contributed by atoms with Crippen molar-refractivity contribution in [3.63, 3.8) is 0 Å². The first-order chi connectivity index (χ1) is 21.1. The highest BCUT2D eigenvalue weighted by Crippen LogP contribution is 2.29. The van der Waals surface area contributed by atoms with Crippen LogP contribution < -0.4 is 16.0 Å². The van der Waals surface area contributed by atoms with Gasteiger partial charge in [-0.3, -0.25) is 20.2 Å². The first-order valence-electron chi connectivity index (χ1n) is 15.2. The van der Waals surface area contributed by atoms with Crippen molar-refractivity contribution in [2.24, 2.45) is 4.99 Å². The zero-order valence-corrected chi connectivity index (χ0v) is 27.5. The van der Waals surface area contributed by atoms with Crippen LogP contribution in [-0.4, -0.2) is 59.0 Å². The predicted molar refractivity (Wildman–Crippen MR) is 177 cm³/mol. The van der Waals surface area contributed by atoms with Crippen molar-refractivity contribution in [2.75, 3.05) is 23.7 Å². The number of benzene rings is 2. The van der Waals surface area contributed by atoms with E-state index in [2.05, 4.69) is 20.9 Å². The Hall–Kier alpha value is -4.67. The number of carbonyl (C=O) groups is 4. The number of amides is 4. The molecule has 0 fully saturated rings. The number of nitrogens with zero attached hydrogens (tertiary/aromatic N) is 2.